The molecule has 0 aliphatic carbocycles. The van der Waals surface area contributed by atoms with Crippen LogP contribution in [0.5, 0.6) is 0 Å². The monoisotopic (exact) mass is 162 g/mol. The SMILES string of the molecule is CCC(N)(CO)NCC(=O)O. The number of hydrogen-bond acceptors (Lipinski definition) is 4. The highest BCUT2D eigenvalue weighted by Gasteiger charge is 2.20. The average Bonchev–Trinajstić information content (AvgIpc) is 2.00. The lowest BCUT2D eigenvalue weighted by molar-refractivity contribution is -0.136. The van der Waals surface area contributed by atoms with Crippen molar-refractivity contribution < 1.29 is 15.0 Å². The molecule has 0 spiro atoms. The third kappa shape index (κ3) is 3.92. The maximum atomic E-state index is 10.1. The topological polar surface area (TPSA) is 95.6 Å². The van der Waals surface area contributed by atoms with Gasteiger partial charge in [-0.25, -0.2) is 0 Å². The first kappa shape index (κ1) is 10.3. The van der Waals surface area contributed by atoms with E-state index in [9.17, 15) is 4.79 Å². The second-order valence-electron chi connectivity index (χ2n) is 2.42. The molecule has 0 amide bonds. The number of nitrogens with one attached hydrogen (secondary N) is 1. The van der Waals surface area contributed by atoms with Crippen LogP contribution in [0.1, 0.15) is 13.3 Å². The molecule has 0 fully saturated rings. The Bertz CT molecular complexity index is 134. The molecule has 0 aromatic heterocycles. The molecule has 5 nitrogen and oxygen atoms in total. The zero-order valence-electron chi connectivity index (χ0n) is 6.50. The number of carboxylic acids is 1. The minimum absolute atomic E-state index is 0.231. The normalized spacial score (nSPS) is 15.9. The summed E-state index contributed by atoms with van der Waals surface area (Å²) in [6.45, 7) is 1.27. The van der Waals surface area contributed by atoms with E-state index in [2.05, 4.69) is 5.32 Å². The molecule has 11 heavy (non-hydrogen) atoms. The maximum absolute atomic E-state index is 10.1. The van der Waals surface area contributed by atoms with E-state index >= 15 is 0 Å². The van der Waals surface area contributed by atoms with E-state index in [0.717, 1.165) is 0 Å². The van der Waals surface area contributed by atoms with Crippen LogP contribution in [-0.4, -0.2) is 35.0 Å². The van der Waals surface area contributed by atoms with Gasteiger partial charge in [-0.15, -0.1) is 0 Å². The number of nitrogens with two attached hydrogens (primary N) is 1. The van der Waals surface area contributed by atoms with Crippen molar-refractivity contribution in [2.24, 2.45) is 5.73 Å². The molecule has 0 heterocycles. The van der Waals surface area contributed by atoms with Gasteiger partial charge >= 0.3 is 5.97 Å². The fourth-order valence-electron chi connectivity index (χ4n) is 0.544. The van der Waals surface area contributed by atoms with Crippen molar-refractivity contribution in [3.8, 4) is 0 Å². The number of aliphatic carboxylic acids is 1. The van der Waals surface area contributed by atoms with Gasteiger partial charge in [-0.1, -0.05) is 6.92 Å². The molecule has 5 heteroatoms. The van der Waals surface area contributed by atoms with Crippen LogP contribution >= 0.6 is 0 Å². The molecule has 0 saturated carbocycles. The van der Waals surface area contributed by atoms with Crippen LogP contribution < -0.4 is 11.1 Å². The number of aliphatic hydroxyl groups is 1. The summed E-state index contributed by atoms with van der Waals surface area (Å²) in [4.78, 5) is 10.1. The van der Waals surface area contributed by atoms with Gasteiger partial charge in [0.1, 0.15) is 0 Å². The zero-order valence-corrected chi connectivity index (χ0v) is 6.50. The Hall–Kier alpha value is -0.650. The van der Waals surface area contributed by atoms with E-state index in [4.69, 9.17) is 15.9 Å². The van der Waals surface area contributed by atoms with Crippen LogP contribution in [0.15, 0.2) is 0 Å². The first-order valence-corrected chi connectivity index (χ1v) is 3.40. The van der Waals surface area contributed by atoms with Gasteiger partial charge in [0.25, 0.3) is 0 Å². The van der Waals surface area contributed by atoms with Gasteiger partial charge in [-0.05, 0) is 6.42 Å². The molecule has 0 radical (unpaired) electrons. The largest absolute Gasteiger partial charge is 0.480 e. The zero-order chi connectivity index (χ0) is 8.91. The van der Waals surface area contributed by atoms with E-state index < -0.39 is 11.6 Å². The summed E-state index contributed by atoms with van der Waals surface area (Å²) in [7, 11) is 0. The van der Waals surface area contributed by atoms with Gasteiger partial charge in [-0.3, -0.25) is 10.1 Å². The highest BCUT2D eigenvalue weighted by Crippen LogP contribution is 1.98. The fraction of sp³-hybridized carbons (Fsp3) is 0.833. The van der Waals surface area contributed by atoms with Crippen molar-refractivity contribution in [1.82, 2.24) is 5.32 Å². The standard InChI is InChI=1S/C6H14N2O3/c1-2-6(7,4-9)8-3-5(10)11/h8-9H,2-4,7H2,1H3,(H,10,11). The third-order valence-electron chi connectivity index (χ3n) is 1.50. The van der Waals surface area contributed by atoms with Crippen molar-refractivity contribution in [3.63, 3.8) is 0 Å². The Kier molecular flexibility index (Phi) is 4.02. The Morgan fingerprint density at radius 2 is 2.27 bits per heavy atom. The van der Waals surface area contributed by atoms with Crippen LogP contribution in [0.3, 0.4) is 0 Å². The minimum atomic E-state index is -0.985. The molecule has 1 atom stereocenters. The molecule has 0 aromatic rings. The van der Waals surface area contributed by atoms with Gasteiger partial charge in [0, 0.05) is 0 Å². The van der Waals surface area contributed by atoms with E-state index in [-0.39, 0.29) is 13.2 Å². The smallest absolute Gasteiger partial charge is 0.317 e. The first-order chi connectivity index (χ1) is 5.04. The van der Waals surface area contributed by atoms with E-state index in [1.165, 1.54) is 0 Å². The van der Waals surface area contributed by atoms with Crippen LogP contribution in [-0.2, 0) is 4.79 Å². The average molecular weight is 162 g/mol. The lowest BCUT2D eigenvalue weighted by Gasteiger charge is -2.25. The van der Waals surface area contributed by atoms with Crippen molar-refractivity contribution in [1.29, 1.82) is 0 Å². The number of carboxylic acid groups (broad SMARTS) is 1. The Balaban J connectivity index is 3.78. The summed E-state index contributed by atoms with van der Waals surface area (Å²) in [5.74, 6) is -0.985. The molecule has 0 bridgehead atoms. The van der Waals surface area contributed by atoms with Crippen LogP contribution in [0, 0.1) is 0 Å². The molecule has 0 aliphatic heterocycles. The van der Waals surface area contributed by atoms with Crippen molar-refractivity contribution in [2.75, 3.05) is 13.2 Å². The summed E-state index contributed by atoms with van der Waals surface area (Å²) < 4.78 is 0. The number of hydrogen-bond donors (Lipinski definition) is 4. The molecular weight excluding hydrogens is 148 g/mol. The molecule has 0 saturated heterocycles. The Morgan fingerprint density at radius 3 is 2.55 bits per heavy atom. The van der Waals surface area contributed by atoms with Crippen LogP contribution in [0.2, 0.25) is 0 Å². The highest BCUT2D eigenvalue weighted by molar-refractivity contribution is 5.69. The van der Waals surface area contributed by atoms with Crippen LogP contribution in [0.4, 0.5) is 0 Å². The Morgan fingerprint density at radius 1 is 1.73 bits per heavy atom. The van der Waals surface area contributed by atoms with E-state index in [1.54, 1.807) is 6.92 Å². The third-order valence-corrected chi connectivity index (χ3v) is 1.50. The lowest BCUT2D eigenvalue weighted by atomic mass is 10.1. The van der Waals surface area contributed by atoms with E-state index in [1.807, 2.05) is 0 Å². The van der Waals surface area contributed by atoms with Crippen molar-refractivity contribution in [3.05, 3.63) is 0 Å². The number of rotatable bonds is 5. The second kappa shape index (κ2) is 4.27. The summed E-state index contributed by atoms with van der Waals surface area (Å²) >= 11 is 0. The van der Waals surface area contributed by atoms with E-state index in [0.29, 0.717) is 6.42 Å². The predicted molar refractivity (Wildman–Crippen MR) is 39.9 cm³/mol. The Labute approximate surface area is 65.2 Å². The summed E-state index contributed by atoms with van der Waals surface area (Å²) in [5, 5.41) is 19.5. The molecule has 66 valence electrons. The maximum Gasteiger partial charge on any atom is 0.317 e. The summed E-state index contributed by atoms with van der Waals surface area (Å²) in [6, 6.07) is 0. The highest BCUT2D eigenvalue weighted by atomic mass is 16.4. The molecule has 5 N–H and O–H groups in total. The van der Waals surface area contributed by atoms with Gasteiger partial charge in [-0.2, -0.15) is 0 Å². The fourth-order valence-corrected chi connectivity index (χ4v) is 0.544. The summed E-state index contributed by atoms with van der Waals surface area (Å²) in [6.07, 6.45) is 0.483. The molecule has 0 aromatic carbocycles. The van der Waals surface area contributed by atoms with Gasteiger partial charge in [0.15, 0.2) is 0 Å². The lowest BCUT2D eigenvalue weighted by Crippen LogP contribution is -2.57. The summed E-state index contributed by atoms with van der Waals surface area (Å²) in [5.41, 5.74) is 4.56. The van der Waals surface area contributed by atoms with Gasteiger partial charge < -0.3 is 15.9 Å². The number of carbonyl (C=O) groups is 1. The van der Waals surface area contributed by atoms with Crippen molar-refractivity contribution in [2.45, 2.75) is 19.0 Å². The van der Waals surface area contributed by atoms with Crippen LogP contribution in [0.25, 0.3) is 0 Å². The quantitative estimate of drug-likeness (QED) is 0.377. The first-order valence-electron chi connectivity index (χ1n) is 3.40. The molecule has 0 rings (SSSR count). The minimum Gasteiger partial charge on any atom is -0.480 e. The molecule has 0 aliphatic rings. The molecule has 1 unspecified atom stereocenters. The van der Waals surface area contributed by atoms with Crippen molar-refractivity contribution >= 4 is 5.97 Å². The number of aliphatic hydroxyl groups excluding tert-OH is 1. The molecular formula is C6H14N2O3. The van der Waals surface area contributed by atoms with Gasteiger partial charge in [0.05, 0.1) is 18.8 Å². The second-order valence-corrected chi connectivity index (χ2v) is 2.42. The predicted octanol–water partition coefficient (Wildman–Crippen LogP) is -1.28. The van der Waals surface area contributed by atoms with Gasteiger partial charge in [0.2, 0.25) is 0 Å².